The van der Waals surface area contributed by atoms with E-state index in [2.05, 4.69) is 170 Å². The molecule has 4 heterocycles. The average molecular weight is 1340 g/mol. The Balaban J connectivity index is 0.000000577. The van der Waals surface area contributed by atoms with Crippen molar-refractivity contribution in [1.29, 1.82) is 0 Å². The fraction of sp³-hybridized carbons (Fsp3) is 0.256. The van der Waals surface area contributed by atoms with Crippen LogP contribution in [0, 0.1) is 37.1 Å². The van der Waals surface area contributed by atoms with E-state index in [1.165, 1.54) is 44.9 Å². The number of nitrogens with zero attached hydrogens (tertiary/aromatic N) is 2. The van der Waals surface area contributed by atoms with Crippen LogP contribution in [0.4, 0.5) is 17.6 Å². The molecule has 6 nitrogen and oxygen atoms in total. The number of benzene rings is 8. The number of aromatic hydroxyl groups is 4. The van der Waals surface area contributed by atoms with Crippen LogP contribution < -0.4 is 0 Å². The Labute approximate surface area is 559 Å². The topological polar surface area (TPSA) is 75.9 Å². The molecule has 0 radical (unpaired) electrons. The van der Waals surface area contributed by atoms with Gasteiger partial charge >= 0.3 is 0 Å². The third-order valence-electron chi connectivity index (χ3n) is 16.4. The standard InChI is InChI=1S/C64H64F4N2O4S2.2C7H7.Zr/c1-61(2,3)35-15-19-49-39(25-35)40-26-36(62(4,5)6)16-20-50(40)69(49)53-33-75-59(57(53)71)43-29-45(65)47(67)31-55(43)73-23-13-14-24-74-56-32-48(68)46(66)30-44(56)60-58(72)54(34-76-60)70-51-21-17-37(63(7,8)9)27-41(51)42-28-38(64(10,11)12)18-22-52(42)70;2*1-7-5-3-2-4-6-7;/h15-22,25-34,71-72H,13-14,23-24H2,1-12H3;2*2-6H,1H2;/q;2*-1;/p+2. The van der Waals surface area contributed by atoms with Gasteiger partial charge < -0.3 is 28.8 Å². The van der Waals surface area contributed by atoms with E-state index in [0.29, 0.717) is 34.0 Å². The summed E-state index contributed by atoms with van der Waals surface area (Å²) in [5.41, 5.74) is 11.7. The van der Waals surface area contributed by atoms with Gasteiger partial charge in [-0.05, 0) is 105 Å². The van der Waals surface area contributed by atoms with Crippen LogP contribution >= 0.6 is 22.7 Å². The van der Waals surface area contributed by atoms with Gasteiger partial charge in [-0.1, -0.05) is 119 Å². The molecule has 0 bridgehead atoms. The fourth-order valence-electron chi connectivity index (χ4n) is 11.1. The molecule has 0 aliphatic carbocycles. The monoisotopic (exact) mass is 1340 g/mol. The summed E-state index contributed by atoms with van der Waals surface area (Å²) in [4.78, 5) is 0.701. The van der Waals surface area contributed by atoms with Gasteiger partial charge in [-0.15, -0.1) is 46.9 Å². The molecule has 0 spiro atoms. The number of rotatable bonds is 11. The third kappa shape index (κ3) is 14.5. The molecule has 12 rings (SSSR count). The molecule has 13 heteroatoms. The predicted octanol–water partition coefficient (Wildman–Crippen LogP) is 22.2. The Morgan fingerprint density at radius 2 is 0.670 bits per heavy atom. The largest absolute Gasteiger partial charge is 0.582 e. The predicted molar refractivity (Wildman–Crippen MR) is 370 cm³/mol. The van der Waals surface area contributed by atoms with Crippen molar-refractivity contribution in [3.05, 3.63) is 239 Å². The summed E-state index contributed by atoms with van der Waals surface area (Å²) < 4.78 is 73.8. The Kier molecular flexibility index (Phi) is 20.0. The number of aromatic nitrogens is 2. The van der Waals surface area contributed by atoms with Crippen molar-refractivity contribution in [3.8, 4) is 55.3 Å². The zero-order valence-corrected chi connectivity index (χ0v) is 58.0. The number of hydrogen-bond donors (Lipinski definition) is 2. The second-order valence-electron chi connectivity index (χ2n) is 27.2. The van der Waals surface area contributed by atoms with Crippen molar-refractivity contribution in [3.63, 3.8) is 0 Å². The number of halogens is 4. The first kappa shape index (κ1) is 67.7. The first-order valence-corrected chi connectivity index (χ1v) is 32.1. The van der Waals surface area contributed by atoms with Gasteiger partial charge in [0.1, 0.15) is 0 Å². The van der Waals surface area contributed by atoms with Crippen molar-refractivity contribution in [2.75, 3.05) is 13.2 Å². The van der Waals surface area contributed by atoms with E-state index in [1.54, 1.807) is 0 Å². The fourth-order valence-corrected chi connectivity index (χ4v) is 13.0. The van der Waals surface area contributed by atoms with Gasteiger partial charge in [-0.25, -0.2) is 17.6 Å². The third-order valence-corrected chi connectivity index (χ3v) is 18.3. The second kappa shape index (κ2) is 26.9. The van der Waals surface area contributed by atoms with Crippen LogP contribution in [0.15, 0.2) is 168 Å². The van der Waals surface area contributed by atoms with Crippen LogP contribution in [-0.2, 0) is 47.9 Å². The molecule has 8 aromatic carbocycles. The van der Waals surface area contributed by atoms with Crippen molar-refractivity contribution in [2.45, 2.75) is 118 Å². The second-order valence-corrected chi connectivity index (χ2v) is 29.0. The normalized spacial score (nSPS) is 12.0. The molecule has 0 saturated heterocycles. The molecule has 12 aromatic rings. The van der Waals surface area contributed by atoms with Gasteiger partial charge in [0.15, 0.2) is 48.0 Å². The molecule has 0 unspecified atom stereocenters. The summed E-state index contributed by atoms with van der Waals surface area (Å²) in [5, 5.41) is 32.1. The number of aliphatic hydroxyl groups is 2. The smallest absolute Gasteiger partial charge is 0.266 e. The number of hydrogen-bond acceptors (Lipinski definition) is 4. The van der Waals surface area contributed by atoms with E-state index < -0.39 is 23.3 Å². The zero-order chi connectivity index (χ0) is 64.8. The summed E-state index contributed by atoms with van der Waals surface area (Å²) in [6.45, 7) is 34.0. The SMILES string of the molecule is CC(C)(C)c1ccc2c(c1)c1cc(C(C)(C)C)ccc1n2-c1csc(-c2cc(F)c(F)cc2[OH+]CCCC[OH+]c2cc(F)c(F)cc2-c2scc(-n3c4ccc(C(C)(C)C)cc4c4cc(C(C)(C)C)ccc43)c2O)c1O.[CH2-]c1ccccc1.[CH2-]c1ccccc1.[Zr]. The van der Waals surface area contributed by atoms with Crippen LogP contribution in [0.2, 0.25) is 0 Å². The average Bonchev–Trinajstić information content (AvgIpc) is 1.59. The van der Waals surface area contributed by atoms with Crippen LogP contribution in [0.5, 0.6) is 23.0 Å². The van der Waals surface area contributed by atoms with Gasteiger partial charge in [0.25, 0.3) is 11.5 Å². The Morgan fingerprint density at radius 1 is 0.396 bits per heavy atom. The maximum atomic E-state index is 15.1. The molecule has 91 heavy (non-hydrogen) atoms. The van der Waals surface area contributed by atoms with Gasteiger partial charge in [-0.3, -0.25) is 0 Å². The molecule has 0 fully saturated rings. The van der Waals surface area contributed by atoms with E-state index in [9.17, 15) is 10.2 Å². The molecule has 0 aliphatic rings. The number of unbranched alkanes of at least 4 members (excludes halogenated alkanes) is 1. The van der Waals surface area contributed by atoms with Crippen molar-refractivity contribution in [2.24, 2.45) is 0 Å². The van der Waals surface area contributed by atoms with Crippen molar-refractivity contribution in [1.82, 2.24) is 9.13 Å². The summed E-state index contributed by atoms with van der Waals surface area (Å²) in [7, 11) is 0. The van der Waals surface area contributed by atoms with E-state index in [0.717, 1.165) is 79.0 Å². The molecule has 0 aliphatic heterocycles. The Morgan fingerprint density at radius 3 is 0.923 bits per heavy atom. The molecule has 0 saturated carbocycles. The van der Waals surface area contributed by atoms with Crippen LogP contribution in [0.3, 0.4) is 0 Å². The maximum Gasteiger partial charge on any atom is 0.266 e. The minimum atomic E-state index is -1.06. The number of fused-ring (bicyclic) bond motifs is 6. The molecule has 4 N–H and O–H groups in total. The van der Waals surface area contributed by atoms with Gasteiger partial charge in [0.2, 0.25) is 0 Å². The molecular weight excluding hydrogens is 1260 g/mol. The van der Waals surface area contributed by atoms with Gasteiger partial charge in [0.05, 0.1) is 66.5 Å². The molecule has 0 amide bonds. The molecule has 4 aromatic heterocycles. The van der Waals surface area contributed by atoms with E-state index >= 15 is 17.6 Å². The van der Waals surface area contributed by atoms with Gasteiger partial charge in [-0.2, -0.15) is 49.2 Å². The summed E-state index contributed by atoms with van der Waals surface area (Å²) >= 11 is 2.46. The number of thiophene rings is 2. The van der Waals surface area contributed by atoms with E-state index in [4.69, 9.17) is 9.47 Å². The first-order valence-electron chi connectivity index (χ1n) is 30.4. The minimum Gasteiger partial charge on any atom is -0.582 e. The summed E-state index contributed by atoms with van der Waals surface area (Å²) in [5.74, 6) is -4.02. The minimum absolute atomic E-state index is 0. The first-order chi connectivity index (χ1) is 42.5. The van der Waals surface area contributed by atoms with Crippen LogP contribution in [0.1, 0.15) is 129 Å². The molecule has 470 valence electrons. The van der Waals surface area contributed by atoms with Gasteiger partial charge in [0, 0.05) is 71.4 Å². The quantitative estimate of drug-likeness (QED) is 0.0586. The zero-order valence-electron chi connectivity index (χ0n) is 53.9. The summed E-state index contributed by atoms with van der Waals surface area (Å²) in [6, 6.07) is 49.7. The van der Waals surface area contributed by atoms with Crippen molar-refractivity contribution >= 4 is 66.3 Å². The Bertz CT molecular complexity index is 4140. The molecule has 0 atom stereocenters. The van der Waals surface area contributed by atoms with E-state index in [1.807, 2.05) is 80.6 Å². The Hall–Kier alpha value is -7.70. The van der Waals surface area contributed by atoms with Crippen LogP contribution in [-0.4, -0.2) is 42.0 Å². The molecular formula is C78H80F4N2O4S2Zr. The van der Waals surface area contributed by atoms with Crippen molar-refractivity contribution < 1.29 is 63.5 Å². The van der Waals surface area contributed by atoms with Crippen LogP contribution in [0.25, 0.3) is 75.9 Å². The summed E-state index contributed by atoms with van der Waals surface area (Å²) in [6.07, 6.45) is 0.931. The maximum absolute atomic E-state index is 15.1. The van der Waals surface area contributed by atoms with E-state index in [-0.39, 0.29) is 95.2 Å². The number of ether oxygens (including phenoxy) is 2.